The number of likely N-dealkylation sites (N-methyl/N-ethyl adjacent to an activating group) is 1. The van der Waals surface area contributed by atoms with Gasteiger partial charge in [0, 0.05) is 29.7 Å². The number of carbonyl (C=O) groups is 1. The van der Waals surface area contributed by atoms with Crippen molar-refractivity contribution in [3.8, 4) is 0 Å². The van der Waals surface area contributed by atoms with Crippen molar-refractivity contribution in [1.29, 1.82) is 0 Å². The van der Waals surface area contributed by atoms with Gasteiger partial charge >= 0.3 is 0 Å². The van der Waals surface area contributed by atoms with Crippen molar-refractivity contribution in [3.05, 3.63) is 33.8 Å². The van der Waals surface area contributed by atoms with Crippen LogP contribution >= 0.6 is 15.9 Å². The van der Waals surface area contributed by atoms with Crippen molar-refractivity contribution in [2.45, 2.75) is 20.8 Å². The number of rotatable bonds is 6. The number of carbonyl (C=O) groups excluding carboxylic acids is 1. The maximum Gasteiger partial charge on any atom is 0.254 e. The van der Waals surface area contributed by atoms with Crippen molar-refractivity contribution < 1.29 is 4.79 Å². The Morgan fingerprint density at radius 1 is 1.25 bits per heavy atom. The van der Waals surface area contributed by atoms with Crippen LogP contribution in [-0.2, 0) is 0 Å². The van der Waals surface area contributed by atoms with Gasteiger partial charge in [0.15, 0.2) is 0 Å². The van der Waals surface area contributed by atoms with E-state index in [1.807, 2.05) is 44.1 Å². The SMILES string of the molecule is Cc1ccc(Br)cc1C(=O)N(CCN(C)C)CC(C)C. The van der Waals surface area contributed by atoms with Gasteiger partial charge in [0.25, 0.3) is 5.91 Å². The van der Waals surface area contributed by atoms with E-state index in [2.05, 4.69) is 34.7 Å². The summed E-state index contributed by atoms with van der Waals surface area (Å²) in [6.45, 7) is 8.70. The summed E-state index contributed by atoms with van der Waals surface area (Å²) >= 11 is 3.45. The summed E-state index contributed by atoms with van der Waals surface area (Å²) in [6, 6.07) is 5.87. The third-order valence-corrected chi connectivity index (χ3v) is 3.61. The lowest BCUT2D eigenvalue weighted by Gasteiger charge is -2.27. The molecule has 0 fully saturated rings. The molecule has 3 nitrogen and oxygen atoms in total. The normalized spacial score (nSPS) is 11.2. The zero-order valence-corrected chi connectivity index (χ0v) is 14.7. The Bertz CT molecular complexity index is 458. The van der Waals surface area contributed by atoms with Crippen LogP contribution in [0, 0.1) is 12.8 Å². The van der Waals surface area contributed by atoms with Gasteiger partial charge in [-0.25, -0.2) is 0 Å². The van der Waals surface area contributed by atoms with E-state index in [4.69, 9.17) is 0 Å². The summed E-state index contributed by atoms with van der Waals surface area (Å²) in [5.74, 6) is 0.591. The summed E-state index contributed by atoms with van der Waals surface area (Å²) in [6.07, 6.45) is 0. The van der Waals surface area contributed by atoms with E-state index in [-0.39, 0.29) is 5.91 Å². The van der Waals surface area contributed by atoms with Crippen molar-refractivity contribution >= 4 is 21.8 Å². The second-order valence-corrected chi connectivity index (χ2v) is 6.82. The molecule has 0 aliphatic heterocycles. The molecule has 0 atom stereocenters. The predicted octanol–water partition coefficient (Wildman–Crippen LogP) is 3.42. The van der Waals surface area contributed by atoms with E-state index in [0.29, 0.717) is 5.92 Å². The molecule has 0 N–H and O–H groups in total. The highest BCUT2D eigenvalue weighted by molar-refractivity contribution is 9.10. The van der Waals surface area contributed by atoms with E-state index in [9.17, 15) is 4.79 Å². The average molecular weight is 341 g/mol. The number of hydrogen-bond acceptors (Lipinski definition) is 2. The van der Waals surface area contributed by atoms with Crippen LogP contribution in [0.1, 0.15) is 29.8 Å². The van der Waals surface area contributed by atoms with Gasteiger partial charge in [-0.05, 0) is 44.6 Å². The molecule has 0 aromatic heterocycles. The van der Waals surface area contributed by atoms with Crippen LogP contribution in [0.3, 0.4) is 0 Å². The van der Waals surface area contributed by atoms with Crippen LogP contribution in [0.15, 0.2) is 22.7 Å². The summed E-state index contributed by atoms with van der Waals surface area (Å²) in [7, 11) is 4.06. The number of hydrogen-bond donors (Lipinski definition) is 0. The number of nitrogens with zero attached hydrogens (tertiary/aromatic N) is 2. The second kappa shape index (κ2) is 7.79. The average Bonchev–Trinajstić information content (AvgIpc) is 2.36. The minimum absolute atomic E-state index is 0.124. The molecular weight excluding hydrogens is 316 g/mol. The highest BCUT2D eigenvalue weighted by Gasteiger charge is 2.18. The van der Waals surface area contributed by atoms with Gasteiger partial charge in [-0.1, -0.05) is 35.8 Å². The Labute approximate surface area is 131 Å². The van der Waals surface area contributed by atoms with E-state index in [1.54, 1.807) is 0 Å². The van der Waals surface area contributed by atoms with Crippen molar-refractivity contribution in [2.75, 3.05) is 33.7 Å². The predicted molar refractivity (Wildman–Crippen MR) is 88.2 cm³/mol. The summed E-state index contributed by atoms with van der Waals surface area (Å²) in [4.78, 5) is 16.8. The van der Waals surface area contributed by atoms with Gasteiger partial charge in [-0.2, -0.15) is 0 Å². The first-order chi connectivity index (χ1) is 9.31. The molecule has 0 aliphatic rings. The Balaban J connectivity index is 2.93. The molecule has 1 aromatic rings. The first-order valence-electron chi connectivity index (χ1n) is 7.01. The lowest BCUT2D eigenvalue weighted by molar-refractivity contribution is 0.0724. The van der Waals surface area contributed by atoms with Crippen molar-refractivity contribution in [3.63, 3.8) is 0 Å². The third-order valence-electron chi connectivity index (χ3n) is 3.12. The fourth-order valence-electron chi connectivity index (χ4n) is 2.03. The van der Waals surface area contributed by atoms with Crippen LogP contribution in [-0.4, -0.2) is 49.4 Å². The monoisotopic (exact) mass is 340 g/mol. The van der Waals surface area contributed by atoms with Crippen LogP contribution in [0.4, 0.5) is 0 Å². The highest BCUT2D eigenvalue weighted by atomic mass is 79.9. The standard InChI is InChI=1S/C16H25BrN2O/c1-12(2)11-19(9-8-18(4)5)16(20)15-10-14(17)7-6-13(15)3/h6-7,10,12H,8-9,11H2,1-5H3. The fourth-order valence-corrected chi connectivity index (χ4v) is 2.39. The minimum atomic E-state index is 0.124. The van der Waals surface area contributed by atoms with Crippen LogP contribution in [0.25, 0.3) is 0 Å². The molecule has 0 saturated carbocycles. The quantitative estimate of drug-likeness (QED) is 0.792. The molecule has 1 rings (SSSR count). The van der Waals surface area contributed by atoms with Gasteiger partial charge in [0.1, 0.15) is 0 Å². The molecule has 0 saturated heterocycles. The number of aryl methyl sites for hydroxylation is 1. The molecule has 1 amide bonds. The van der Waals surface area contributed by atoms with Gasteiger partial charge in [-0.3, -0.25) is 4.79 Å². The maximum atomic E-state index is 12.8. The van der Waals surface area contributed by atoms with Crippen LogP contribution in [0.5, 0.6) is 0 Å². The molecule has 0 spiro atoms. The first-order valence-corrected chi connectivity index (χ1v) is 7.80. The highest BCUT2D eigenvalue weighted by Crippen LogP contribution is 2.18. The molecule has 1 aromatic carbocycles. The van der Waals surface area contributed by atoms with Gasteiger partial charge in [0.05, 0.1) is 0 Å². The van der Waals surface area contributed by atoms with Crippen molar-refractivity contribution in [1.82, 2.24) is 9.80 Å². The Kier molecular flexibility index (Phi) is 6.69. The summed E-state index contributed by atoms with van der Waals surface area (Å²) < 4.78 is 0.948. The molecule has 0 bridgehead atoms. The summed E-state index contributed by atoms with van der Waals surface area (Å²) in [5, 5.41) is 0. The van der Waals surface area contributed by atoms with E-state index in [0.717, 1.165) is 35.2 Å². The van der Waals surface area contributed by atoms with Crippen LogP contribution in [0.2, 0.25) is 0 Å². The fraction of sp³-hybridized carbons (Fsp3) is 0.562. The van der Waals surface area contributed by atoms with E-state index in [1.165, 1.54) is 0 Å². The Morgan fingerprint density at radius 2 is 1.90 bits per heavy atom. The van der Waals surface area contributed by atoms with Gasteiger partial charge in [-0.15, -0.1) is 0 Å². The number of benzene rings is 1. The third kappa shape index (κ3) is 5.25. The molecule has 4 heteroatoms. The zero-order chi connectivity index (χ0) is 15.3. The van der Waals surface area contributed by atoms with Gasteiger partial charge in [0.2, 0.25) is 0 Å². The molecule has 112 valence electrons. The van der Waals surface area contributed by atoms with Crippen LogP contribution < -0.4 is 0 Å². The lowest BCUT2D eigenvalue weighted by atomic mass is 10.1. The Morgan fingerprint density at radius 3 is 2.45 bits per heavy atom. The molecular formula is C16H25BrN2O. The minimum Gasteiger partial charge on any atom is -0.337 e. The van der Waals surface area contributed by atoms with E-state index < -0.39 is 0 Å². The molecule has 0 unspecified atom stereocenters. The zero-order valence-electron chi connectivity index (χ0n) is 13.1. The maximum absolute atomic E-state index is 12.8. The molecule has 0 radical (unpaired) electrons. The second-order valence-electron chi connectivity index (χ2n) is 5.91. The lowest BCUT2D eigenvalue weighted by Crippen LogP contribution is -2.39. The molecule has 0 heterocycles. The Hall–Kier alpha value is -0.870. The first kappa shape index (κ1) is 17.2. The number of amides is 1. The topological polar surface area (TPSA) is 23.6 Å². The smallest absolute Gasteiger partial charge is 0.254 e. The van der Waals surface area contributed by atoms with Crippen molar-refractivity contribution in [2.24, 2.45) is 5.92 Å². The van der Waals surface area contributed by atoms with E-state index >= 15 is 0 Å². The van der Waals surface area contributed by atoms with Gasteiger partial charge < -0.3 is 9.80 Å². The number of halogens is 1. The molecule has 0 aliphatic carbocycles. The largest absolute Gasteiger partial charge is 0.337 e. The summed E-state index contributed by atoms with van der Waals surface area (Å²) in [5.41, 5.74) is 1.82. The molecule has 20 heavy (non-hydrogen) atoms.